The quantitative estimate of drug-likeness (QED) is 0.0297. The summed E-state index contributed by atoms with van der Waals surface area (Å²) in [6.07, 6.45) is 7.54. The molecule has 0 aliphatic heterocycles. The van der Waals surface area contributed by atoms with Gasteiger partial charge in [0.05, 0.1) is 41.4 Å². The molecule has 0 unspecified atom stereocenters. The number of benzene rings is 4. The number of aryl methyl sites for hydroxylation is 6. The molecule has 650 valence electrons. The number of aromatic amines is 2. The number of carbonyl (C=O) groups is 7. The van der Waals surface area contributed by atoms with E-state index < -0.39 is 79.8 Å². The summed E-state index contributed by atoms with van der Waals surface area (Å²) in [6.45, 7) is 27.6. The summed E-state index contributed by atoms with van der Waals surface area (Å²) in [5.74, 6) is -7.25. The van der Waals surface area contributed by atoms with Crippen LogP contribution in [0.2, 0.25) is 0 Å². The summed E-state index contributed by atoms with van der Waals surface area (Å²) in [6, 6.07) is 40.3. The van der Waals surface area contributed by atoms with Crippen LogP contribution in [0, 0.1) is 38.5 Å². The van der Waals surface area contributed by atoms with Crippen molar-refractivity contribution in [1.29, 1.82) is 0 Å². The number of aliphatic imine (C=N–C) groups is 3. The number of aromatic carboxylic acids is 5. The van der Waals surface area contributed by atoms with Crippen molar-refractivity contribution < 1.29 is 111 Å². The van der Waals surface area contributed by atoms with Crippen LogP contribution in [0.25, 0.3) is 0 Å². The number of para-hydroxylation sites is 1. The van der Waals surface area contributed by atoms with Crippen LogP contribution in [0.3, 0.4) is 0 Å². The van der Waals surface area contributed by atoms with Crippen LogP contribution in [0.1, 0.15) is 166 Å². The molecule has 121 heavy (non-hydrogen) atoms. The molecule has 7 aromatic heterocycles. The largest absolute Gasteiger partial charge is 0.478 e. The van der Waals surface area contributed by atoms with Gasteiger partial charge in [0.25, 0.3) is 0 Å². The first-order valence-corrected chi connectivity index (χ1v) is 39.0. The predicted molar refractivity (Wildman–Crippen MR) is 445 cm³/mol. The highest BCUT2D eigenvalue weighted by molar-refractivity contribution is 7.60. The Morgan fingerprint density at radius 2 is 1.07 bits per heavy atom. The van der Waals surface area contributed by atoms with E-state index in [1.807, 2.05) is 120 Å². The molecule has 0 spiro atoms. The van der Waals surface area contributed by atoms with E-state index in [1.165, 1.54) is 77.1 Å². The minimum absolute atomic E-state index is 0.0252. The van der Waals surface area contributed by atoms with Crippen molar-refractivity contribution in [2.45, 2.75) is 122 Å². The summed E-state index contributed by atoms with van der Waals surface area (Å²) >= 11 is 0. The van der Waals surface area contributed by atoms with Gasteiger partial charge in [-0.2, -0.15) is 43.8 Å². The van der Waals surface area contributed by atoms with Crippen LogP contribution >= 0.6 is 15.2 Å². The third kappa shape index (κ3) is 42.1. The Kier molecular flexibility index (Phi) is 42.2. The normalized spacial score (nSPS) is 11.3. The SMILES string of the molecule is CC(=NC(C)C)c1ccccc1C(=O)O.CC(=Nc1ccccc1)C(=O)O.CC(C)(C)CN=C(C(=O)O)C(C)(C)C.Cc1cc(C(=O)O)n[nH]1.Cc1cc(C(F)(F)F)cc(C(=O)O)n1.Cc1cccc(P(=O)(O)O)c1.Cc1cn[nH]c1C(=O)O.Cn1ccc(C(=O)O)n1.Cn1ccc(P(=O)(O)O)n1.c1cc(Cn2cccn2)cc(Cn2cccn2)c1. The number of pyridine rings is 1. The van der Waals surface area contributed by atoms with E-state index >= 15 is 0 Å². The van der Waals surface area contributed by atoms with Crippen molar-refractivity contribution in [1.82, 2.24) is 64.5 Å². The molecule has 4 aromatic carbocycles. The maximum absolute atomic E-state index is 12.2. The highest BCUT2D eigenvalue weighted by Crippen LogP contribution is 2.34. The average Bonchev–Trinajstić information content (AvgIpc) is 1.36. The lowest BCUT2D eigenvalue weighted by molar-refractivity contribution is -0.137. The van der Waals surface area contributed by atoms with E-state index in [9.17, 15) is 55.9 Å². The van der Waals surface area contributed by atoms with Gasteiger partial charge >= 0.3 is 63.2 Å². The Morgan fingerprint density at radius 3 is 1.42 bits per heavy atom. The Hall–Kier alpha value is -13.3. The third-order valence-electron chi connectivity index (χ3n) is 14.5. The number of alkyl halides is 3. The molecular formula is C80H99F3N16O20P2. The Morgan fingerprint density at radius 1 is 0.545 bits per heavy atom. The number of nitrogens with one attached hydrogen (secondary N) is 2. The van der Waals surface area contributed by atoms with Crippen LogP contribution in [0.4, 0.5) is 18.9 Å². The number of aromatic nitrogens is 13. The van der Waals surface area contributed by atoms with Crippen LogP contribution in [-0.4, -0.2) is 191 Å². The van der Waals surface area contributed by atoms with Crippen molar-refractivity contribution in [2.75, 3.05) is 6.54 Å². The first-order chi connectivity index (χ1) is 56.1. The summed E-state index contributed by atoms with van der Waals surface area (Å²) in [5, 5.41) is 87.6. The summed E-state index contributed by atoms with van der Waals surface area (Å²) in [5.41, 5.74) is 5.75. The van der Waals surface area contributed by atoms with Crippen LogP contribution in [-0.2, 0) is 52.1 Å². The fourth-order valence-corrected chi connectivity index (χ4v) is 10.2. The van der Waals surface area contributed by atoms with E-state index in [0.717, 1.165) is 36.1 Å². The van der Waals surface area contributed by atoms with Gasteiger partial charge in [-0.1, -0.05) is 120 Å². The van der Waals surface area contributed by atoms with E-state index in [2.05, 4.69) is 85.0 Å². The lowest BCUT2D eigenvalue weighted by Crippen LogP contribution is -2.30. The fraction of sp³-hybridized carbons (Fsp3) is 0.287. The smallest absolute Gasteiger partial charge is 0.416 e. The van der Waals surface area contributed by atoms with Gasteiger partial charge < -0.3 is 55.3 Å². The maximum Gasteiger partial charge on any atom is 0.416 e. The van der Waals surface area contributed by atoms with E-state index in [4.69, 9.17) is 55.3 Å². The molecular weight excluding hydrogens is 1620 g/mol. The monoisotopic (exact) mass is 1720 g/mol. The highest BCUT2D eigenvalue weighted by Gasteiger charge is 2.32. The van der Waals surface area contributed by atoms with Gasteiger partial charge in [-0.25, -0.2) is 43.5 Å². The standard InChI is InChI=1S/C14H14N4.C12H15NO2.C11H21NO2.C9H9NO2.C8H6F3NO2.C7H9O3P.3C5H6N2O2.C4H7N2O3P/c1-4-13(11-17-8-2-6-15-17)10-14(5-1)12-18-9-3-7-16-18;1-8(2)13-9(3)10-6-4-5-7-11(10)12(14)15;1-10(2,3)7-12-8(9(13)14)11(4,5)6;1-7(9(11)12)10-8-5-3-2-4-6-8;1-4-2-5(8(9,10)11)3-6(12-4)7(13)14;1-6-3-2-4-7(5-6)11(8,9)10;1-7-3-2-4(6-7)5(8)9;1-3-2-6-7-4(3)5(8)9;1-3-2-4(5(8)9)7-6-3;1-6-3-2-4(5-6)10(7,8)9/h1-10H,11-12H2;4-8H,1-3H3,(H,14,15);7H2,1-6H3,(H,13,14);2-6H,1H3,(H,11,12);2-3H,1H3,(H,13,14);2-5H,1H3,(H2,8,9,10);2-3H,1H3,(H,8,9);2*2H,1H3,(H,6,7)(H,8,9);2-3H,1H3,(H2,7,8,9). The van der Waals surface area contributed by atoms with Gasteiger partial charge in [-0.15, -0.1) is 0 Å². The second kappa shape index (κ2) is 49.2. The van der Waals surface area contributed by atoms with Crippen LogP contribution < -0.4 is 10.7 Å². The van der Waals surface area contributed by atoms with Crippen molar-refractivity contribution >= 4 is 90.5 Å². The summed E-state index contributed by atoms with van der Waals surface area (Å²) in [4.78, 5) is 124. The lowest BCUT2D eigenvalue weighted by atomic mass is 9.89. The Bertz CT molecular complexity index is 5240. The van der Waals surface area contributed by atoms with E-state index in [0.29, 0.717) is 35.0 Å². The number of H-pyrrole nitrogens is 2. The van der Waals surface area contributed by atoms with Crippen molar-refractivity contribution in [3.8, 4) is 0 Å². The van der Waals surface area contributed by atoms with Crippen molar-refractivity contribution in [3.05, 3.63) is 262 Å². The predicted octanol–water partition coefficient (Wildman–Crippen LogP) is 12.3. The zero-order valence-corrected chi connectivity index (χ0v) is 70.8. The first-order valence-electron chi connectivity index (χ1n) is 35.8. The molecule has 0 amide bonds. The number of hydrogen-bond acceptors (Lipinski definition) is 19. The number of rotatable bonds is 17. The highest BCUT2D eigenvalue weighted by atomic mass is 31.2. The molecule has 0 atom stereocenters. The zero-order chi connectivity index (χ0) is 91.9. The summed E-state index contributed by atoms with van der Waals surface area (Å²) in [7, 11) is -4.90. The molecule has 0 saturated heterocycles. The van der Waals surface area contributed by atoms with E-state index in [-0.39, 0.29) is 56.4 Å². The van der Waals surface area contributed by atoms with Crippen molar-refractivity contribution in [2.24, 2.45) is 39.9 Å². The minimum atomic E-state index is -4.54. The van der Waals surface area contributed by atoms with Crippen LogP contribution in [0.5, 0.6) is 0 Å². The number of hydrogen-bond donors (Lipinski definition) is 13. The van der Waals surface area contributed by atoms with Gasteiger partial charge in [-0.05, 0) is 145 Å². The molecule has 0 aliphatic rings. The molecule has 13 N–H and O–H groups in total. The first kappa shape index (κ1) is 104. The topological polar surface area (TPSA) is 555 Å². The molecule has 0 fully saturated rings. The average molecular weight is 1720 g/mol. The van der Waals surface area contributed by atoms with Gasteiger partial charge in [0.1, 0.15) is 22.8 Å². The van der Waals surface area contributed by atoms with Gasteiger partial charge in [0.2, 0.25) is 0 Å². The molecule has 11 rings (SSSR count). The second-order valence-electron chi connectivity index (χ2n) is 28.1. The number of carboxylic acid groups (broad SMARTS) is 7. The maximum atomic E-state index is 12.2. The molecule has 7 heterocycles. The molecule has 0 bridgehead atoms. The Labute approximate surface area is 694 Å². The summed E-state index contributed by atoms with van der Waals surface area (Å²) < 4.78 is 64.4. The molecule has 36 nitrogen and oxygen atoms in total. The number of aliphatic carboxylic acids is 2. The fourth-order valence-electron chi connectivity index (χ4n) is 9.04. The van der Waals surface area contributed by atoms with Gasteiger partial charge in [0.15, 0.2) is 16.8 Å². The molecule has 0 saturated carbocycles. The number of nitrogens with zero attached hydrogens (tertiary/aromatic N) is 14. The van der Waals surface area contributed by atoms with Gasteiger partial charge in [-0.3, -0.25) is 48.0 Å². The zero-order valence-electron chi connectivity index (χ0n) is 69.0. The minimum Gasteiger partial charge on any atom is -0.478 e. The second-order valence-corrected chi connectivity index (χ2v) is 31.3. The number of carboxylic acids is 7. The molecule has 41 heteroatoms. The lowest BCUT2D eigenvalue weighted by Gasteiger charge is -2.21. The molecule has 0 aliphatic carbocycles. The van der Waals surface area contributed by atoms with Crippen molar-refractivity contribution in [3.63, 3.8) is 0 Å². The Balaban J connectivity index is 0.000000459. The van der Waals surface area contributed by atoms with Gasteiger partial charge in [0, 0.05) is 97.5 Å². The molecule has 0 radical (unpaired) electrons. The third-order valence-corrected chi connectivity index (χ3v) is 16.3. The van der Waals surface area contributed by atoms with Crippen LogP contribution in [0.15, 0.2) is 204 Å². The number of halogens is 3. The van der Waals surface area contributed by atoms with E-state index in [1.54, 1.807) is 95.9 Å². The molecule has 11 aromatic rings.